The van der Waals surface area contributed by atoms with Gasteiger partial charge in [-0.15, -0.1) is 0 Å². The SMILES string of the molecule is CC(C)(CO)CCCNCc1ccc(Cl)o1. The van der Waals surface area contributed by atoms with E-state index in [9.17, 15) is 0 Å². The maximum Gasteiger partial charge on any atom is 0.193 e. The molecule has 0 spiro atoms. The summed E-state index contributed by atoms with van der Waals surface area (Å²) < 4.78 is 5.22. The van der Waals surface area contributed by atoms with Crippen LogP contribution in [0.2, 0.25) is 5.22 Å². The molecule has 0 aromatic carbocycles. The van der Waals surface area contributed by atoms with Crippen LogP contribution in [0.25, 0.3) is 0 Å². The van der Waals surface area contributed by atoms with Gasteiger partial charge in [-0.1, -0.05) is 13.8 Å². The van der Waals surface area contributed by atoms with Crippen molar-refractivity contribution in [1.82, 2.24) is 5.32 Å². The predicted octanol–water partition coefficient (Wildman–Crippen LogP) is 2.82. The number of aliphatic hydroxyl groups excluding tert-OH is 1. The normalized spacial score (nSPS) is 12.0. The molecule has 1 heterocycles. The van der Waals surface area contributed by atoms with E-state index in [2.05, 4.69) is 19.2 Å². The van der Waals surface area contributed by atoms with Crippen molar-refractivity contribution < 1.29 is 9.52 Å². The maximum absolute atomic E-state index is 9.08. The number of hydrogen-bond donors (Lipinski definition) is 2. The molecule has 3 nitrogen and oxygen atoms in total. The zero-order valence-corrected chi connectivity index (χ0v) is 10.7. The van der Waals surface area contributed by atoms with E-state index >= 15 is 0 Å². The van der Waals surface area contributed by atoms with Gasteiger partial charge in [0, 0.05) is 6.61 Å². The van der Waals surface area contributed by atoms with E-state index in [-0.39, 0.29) is 12.0 Å². The minimum absolute atomic E-state index is 0.0235. The van der Waals surface area contributed by atoms with Gasteiger partial charge < -0.3 is 14.8 Å². The lowest BCUT2D eigenvalue weighted by Crippen LogP contribution is -2.20. The third-order valence-corrected chi connectivity index (χ3v) is 2.77. The van der Waals surface area contributed by atoms with Gasteiger partial charge in [0.1, 0.15) is 5.76 Å². The lowest BCUT2D eigenvalue weighted by Gasteiger charge is -2.21. The second kappa shape index (κ2) is 6.28. The molecule has 16 heavy (non-hydrogen) atoms. The molecule has 0 radical (unpaired) electrons. The summed E-state index contributed by atoms with van der Waals surface area (Å²) in [4.78, 5) is 0. The monoisotopic (exact) mass is 245 g/mol. The van der Waals surface area contributed by atoms with Gasteiger partial charge in [0.05, 0.1) is 6.54 Å². The number of aliphatic hydroxyl groups is 1. The lowest BCUT2D eigenvalue weighted by molar-refractivity contribution is 0.148. The molecule has 0 unspecified atom stereocenters. The Labute approximate surface area is 102 Å². The van der Waals surface area contributed by atoms with Gasteiger partial charge in [0.2, 0.25) is 0 Å². The minimum atomic E-state index is 0.0235. The molecular weight excluding hydrogens is 226 g/mol. The first-order chi connectivity index (χ1) is 7.53. The van der Waals surface area contributed by atoms with E-state index in [0.717, 1.165) is 25.1 Å². The summed E-state index contributed by atoms with van der Waals surface area (Å²) in [5.74, 6) is 0.853. The average Bonchev–Trinajstić information content (AvgIpc) is 2.64. The molecule has 0 aliphatic heterocycles. The molecule has 0 aliphatic carbocycles. The Balaban J connectivity index is 2.08. The van der Waals surface area contributed by atoms with E-state index in [1.54, 1.807) is 6.07 Å². The van der Waals surface area contributed by atoms with Crippen molar-refractivity contribution in [2.75, 3.05) is 13.2 Å². The van der Waals surface area contributed by atoms with Gasteiger partial charge in [0.15, 0.2) is 5.22 Å². The average molecular weight is 246 g/mol. The molecular formula is C12H20ClNO2. The van der Waals surface area contributed by atoms with Crippen molar-refractivity contribution in [1.29, 1.82) is 0 Å². The third kappa shape index (κ3) is 5.01. The molecule has 0 atom stereocenters. The van der Waals surface area contributed by atoms with Crippen LogP contribution < -0.4 is 5.32 Å². The molecule has 0 aliphatic rings. The topological polar surface area (TPSA) is 45.4 Å². The molecule has 4 heteroatoms. The fourth-order valence-electron chi connectivity index (χ4n) is 1.43. The van der Waals surface area contributed by atoms with Gasteiger partial charge in [0.25, 0.3) is 0 Å². The van der Waals surface area contributed by atoms with Crippen molar-refractivity contribution in [3.63, 3.8) is 0 Å². The largest absolute Gasteiger partial charge is 0.448 e. The summed E-state index contributed by atoms with van der Waals surface area (Å²) in [6.45, 7) is 5.99. The second-order valence-electron chi connectivity index (χ2n) is 4.81. The van der Waals surface area contributed by atoms with Crippen molar-refractivity contribution in [2.45, 2.75) is 33.2 Å². The highest BCUT2D eigenvalue weighted by molar-refractivity contribution is 6.28. The predicted molar refractivity (Wildman–Crippen MR) is 65.5 cm³/mol. The Morgan fingerprint density at radius 1 is 1.44 bits per heavy atom. The van der Waals surface area contributed by atoms with Crippen molar-refractivity contribution in [3.8, 4) is 0 Å². The molecule has 0 saturated carbocycles. The van der Waals surface area contributed by atoms with Crippen LogP contribution in [0.3, 0.4) is 0 Å². The van der Waals surface area contributed by atoms with Crippen LogP contribution >= 0.6 is 11.6 Å². The van der Waals surface area contributed by atoms with E-state index in [1.165, 1.54) is 0 Å². The molecule has 1 aromatic rings. The Kier molecular flexibility index (Phi) is 5.32. The van der Waals surface area contributed by atoms with Gasteiger partial charge in [-0.25, -0.2) is 0 Å². The van der Waals surface area contributed by atoms with Gasteiger partial charge in [-0.05, 0) is 48.5 Å². The minimum Gasteiger partial charge on any atom is -0.448 e. The van der Waals surface area contributed by atoms with E-state index in [0.29, 0.717) is 11.8 Å². The highest BCUT2D eigenvalue weighted by Gasteiger charge is 2.15. The number of furan rings is 1. The third-order valence-electron chi connectivity index (χ3n) is 2.56. The number of hydrogen-bond acceptors (Lipinski definition) is 3. The van der Waals surface area contributed by atoms with Gasteiger partial charge in [-0.2, -0.15) is 0 Å². The summed E-state index contributed by atoms with van der Waals surface area (Å²) in [7, 11) is 0. The summed E-state index contributed by atoms with van der Waals surface area (Å²) in [5.41, 5.74) is 0.0235. The fourth-order valence-corrected chi connectivity index (χ4v) is 1.59. The maximum atomic E-state index is 9.08. The Morgan fingerprint density at radius 3 is 2.75 bits per heavy atom. The fraction of sp³-hybridized carbons (Fsp3) is 0.667. The number of nitrogens with one attached hydrogen (secondary N) is 1. The highest BCUT2D eigenvalue weighted by Crippen LogP contribution is 2.20. The molecule has 0 amide bonds. The van der Waals surface area contributed by atoms with Crippen LogP contribution in [-0.4, -0.2) is 18.3 Å². The van der Waals surface area contributed by atoms with Crippen LogP contribution in [0.1, 0.15) is 32.4 Å². The van der Waals surface area contributed by atoms with Crippen LogP contribution in [-0.2, 0) is 6.54 Å². The Hall–Kier alpha value is -0.510. The number of halogens is 1. The lowest BCUT2D eigenvalue weighted by atomic mass is 9.89. The van der Waals surface area contributed by atoms with Crippen LogP contribution in [0, 0.1) is 5.41 Å². The summed E-state index contributed by atoms with van der Waals surface area (Å²) in [5, 5.41) is 12.8. The van der Waals surface area contributed by atoms with Crippen LogP contribution in [0.15, 0.2) is 16.5 Å². The standard InChI is InChI=1S/C12H20ClNO2/c1-12(2,9-15)6-3-7-14-8-10-4-5-11(13)16-10/h4-5,14-15H,3,6-9H2,1-2H3. The first-order valence-electron chi connectivity index (χ1n) is 5.59. The quantitative estimate of drug-likeness (QED) is 0.726. The van der Waals surface area contributed by atoms with Gasteiger partial charge in [-0.3, -0.25) is 0 Å². The molecule has 1 rings (SSSR count). The first-order valence-corrected chi connectivity index (χ1v) is 5.97. The first kappa shape index (κ1) is 13.6. The highest BCUT2D eigenvalue weighted by atomic mass is 35.5. The molecule has 0 saturated heterocycles. The Morgan fingerprint density at radius 2 is 2.19 bits per heavy atom. The second-order valence-corrected chi connectivity index (χ2v) is 5.18. The summed E-state index contributed by atoms with van der Waals surface area (Å²) in [6, 6.07) is 3.61. The van der Waals surface area contributed by atoms with Crippen molar-refractivity contribution >= 4 is 11.6 Å². The molecule has 2 N–H and O–H groups in total. The van der Waals surface area contributed by atoms with Crippen molar-refractivity contribution in [3.05, 3.63) is 23.1 Å². The summed E-state index contributed by atoms with van der Waals surface area (Å²) >= 11 is 5.66. The molecule has 92 valence electrons. The summed E-state index contributed by atoms with van der Waals surface area (Å²) in [6.07, 6.45) is 2.05. The van der Waals surface area contributed by atoms with E-state index in [4.69, 9.17) is 21.1 Å². The van der Waals surface area contributed by atoms with Crippen LogP contribution in [0.5, 0.6) is 0 Å². The number of rotatable bonds is 7. The van der Waals surface area contributed by atoms with Crippen LogP contribution in [0.4, 0.5) is 0 Å². The molecule has 1 aromatic heterocycles. The zero-order valence-electron chi connectivity index (χ0n) is 9.92. The van der Waals surface area contributed by atoms with Gasteiger partial charge >= 0.3 is 0 Å². The van der Waals surface area contributed by atoms with E-state index in [1.807, 2.05) is 6.07 Å². The van der Waals surface area contributed by atoms with E-state index < -0.39 is 0 Å². The molecule has 0 bridgehead atoms. The molecule has 0 fully saturated rings. The smallest absolute Gasteiger partial charge is 0.193 e. The van der Waals surface area contributed by atoms with Crippen molar-refractivity contribution in [2.24, 2.45) is 5.41 Å². The Bertz CT molecular complexity index is 310. The zero-order chi connectivity index (χ0) is 12.0.